The first-order valence-corrected chi connectivity index (χ1v) is 8.65. The number of benzene rings is 2. The van der Waals surface area contributed by atoms with Gasteiger partial charge in [0, 0.05) is 5.69 Å². The molecule has 0 bridgehead atoms. The molecule has 2 N–H and O–H groups in total. The summed E-state index contributed by atoms with van der Waals surface area (Å²) in [7, 11) is 0. The quantitative estimate of drug-likeness (QED) is 0.391. The van der Waals surface area contributed by atoms with Crippen LogP contribution in [-0.4, -0.2) is 23.9 Å². The summed E-state index contributed by atoms with van der Waals surface area (Å²) < 4.78 is 6.88. The van der Waals surface area contributed by atoms with Crippen molar-refractivity contribution < 1.29 is 14.7 Å². The number of oxime groups is 1. The van der Waals surface area contributed by atoms with Gasteiger partial charge in [0.1, 0.15) is 5.75 Å². The first-order valence-electron chi connectivity index (χ1n) is 7.07. The number of carbonyl (C=O) groups excluding carboxylic acids is 1. The van der Waals surface area contributed by atoms with Crippen LogP contribution in [0, 0.1) is 13.8 Å². The molecule has 0 aliphatic heterocycles. The highest BCUT2D eigenvalue weighted by Crippen LogP contribution is 2.34. The van der Waals surface area contributed by atoms with Crippen LogP contribution in [0.25, 0.3) is 0 Å². The zero-order valence-electron chi connectivity index (χ0n) is 13.1. The number of carbonyl (C=O) groups is 1. The minimum atomic E-state index is -0.247. The number of amides is 1. The second-order valence-electron chi connectivity index (χ2n) is 5.21. The average Bonchev–Trinajstić information content (AvgIpc) is 2.50. The fourth-order valence-corrected chi connectivity index (χ4v) is 3.50. The number of nitrogens with one attached hydrogen (secondary N) is 1. The second-order valence-corrected chi connectivity index (χ2v) is 6.92. The predicted molar refractivity (Wildman–Crippen MR) is 101 cm³/mol. The Labute approximate surface area is 157 Å². The van der Waals surface area contributed by atoms with Gasteiger partial charge in [0.25, 0.3) is 5.91 Å². The van der Waals surface area contributed by atoms with Gasteiger partial charge in [-0.25, -0.2) is 0 Å². The number of hydrogen-bond acceptors (Lipinski definition) is 4. The fourth-order valence-electron chi connectivity index (χ4n) is 2.05. The Hall–Kier alpha value is -1.86. The topological polar surface area (TPSA) is 70.9 Å². The van der Waals surface area contributed by atoms with E-state index in [1.165, 1.54) is 6.21 Å². The molecule has 7 heteroatoms. The molecule has 2 rings (SSSR count). The first-order chi connectivity index (χ1) is 11.4. The molecule has 0 saturated carbocycles. The Balaban J connectivity index is 2.05. The first kappa shape index (κ1) is 18.5. The normalized spacial score (nSPS) is 10.8. The van der Waals surface area contributed by atoms with Crippen LogP contribution in [-0.2, 0) is 4.79 Å². The summed E-state index contributed by atoms with van der Waals surface area (Å²) in [5.74, 6) is 0.254. The Morgan fingerprint density at radius 3 is 2.54 bits per heavy atom. The third-order valence-electron chi connectivity index (χ3n) is 3.24. The second kappa shape index (κ2) is 8.30. The molecule has 0 spiro atoms. The lowest BCUT2D eigenvalue weighted by molar-refractivity contribution is -0.118. The van der Waals surface area contributed by atoms with Crippen LogP contribution in [0.5, 0.6) is 5.75 Å². The van der Waals surface area contributed by atoms with E-state index in [2.05, 4.69) is 42.3 Å². The van der Waals surface area contributed by atoms with Crippen molar-refractivity contribution in [2.45, 2.75) is 13.8 Å². The van der Waals surface area contributed by atoms with E-state index in [0.29, 0.717) is 20.3 Å². The van der Waals surface area contributed by atoms with Crippen LogP contribution in [0.2, 0.25) is 0 Å². The highest BCUT2D eigenvalue weighted by Gasteiger charge is 2.12. The van der Waals surface area contributed by atoms with E-state index < -0.39 is 0 Å². The van der Waals surface area contributed by atoms with E-state index in [4.69, 9.17) is 9.94 Å². The summed E-state index contributed by atoms with van der Waals surface area (Å²) in [5, 5.41) is 14.4. The molecule has 0 unspecified atom stereocenters. The van der Waals surface area contributed by atoms with Crippen molar-refractivity contribution in [3.05, 3.63) is 56.0 Å². The molecule has 5 nitrogen and oxygen atoms in total. The summed E-state index contributed by atoms with van der Waals surface area (Å²) in [5.41, 5.74) is 3.52. The maximum absolute atomic E-state index is 12.1. The lowest BCUT2D eigenvalue weighted by Crippen LogP contribution is -2.21. The van der Waals surface area contributed by atoms with Crippen molar-refractivity contribution in [1.82, 2.24) is 0 Å². The number of hydrogen-bond donors (Lipinski definition) is 2. The summed E-state index contributed by atoms with van der Waals surface area (Å²) in [4.78, 5) is 12.1. The predicted octanol–water partition coefficient (Wildman–Crippen LogP) is 4.65. The number of ether oxygens (including phenoxy) is 1. The average molecular weight is 456 g/mol. The van der Waals surface area contributed by atoms with Crippen molar-refractivity contribution >= 4 is 49.7 Å². The number of rotatable bonds is 5. The van der Waals surface area contributed by atoms with Gasteiger partial charge in [-0.2, -0.15) is 0 Å². The summed E-state index contributed by atoms with van der Waals surface area (Å²) in [6.07, 6.45) is 1.30. The number of anilines is 1. The SMILES string of the molecule is Cc1ccc(C)c(NC(=O)COc2c(Br)cc(/C=N/O)cc2Br)c1. The van der Waals surface area contributed by atoms with Crippen molar-refractivity contribution in [2.75, 3.05) is 11.9 Å². The van der Waals surface area contributed by atoms with Gasteiger partial charge in [-0.05, 0) is 80.6 Å². The number of aryl methyl sites for hydroxylation is 2. The van der Waals surface area contributed by atoms with Crippen LogP contribution < -0.4 is 10.1 Å². The van der Waals surface area contributed by atoms with Gasteiger partial charge >= 0.3 is 0 Å². The maximum atomic E-state index is 12.1. The standard InChI is InChI=1S/C17H16Br2N2O3/c1-10-3-4-11(2)15(5-10)21-16(22)9-24-17-13(18)6-12(8-20-23)7-14(17)19/h3-8,23H,9H2,1-2H3,(H,21,22)/b20-8+. The zero-order valence-corrected chi connectivity index (χ0v) is 16.3. The minimum Gasteiger partial charge on any atom is -0.481 e. The molecule has 0 fully saturated rings. The van der Waals surface area contributed by atoms with Crippen molar-refractivity contribution in [1.29, 1.82) is 0 Å². The highest BCUT2D eigenvalue weighted by molar-refractivity contribution is 9.11. The molecule has 0 atom stereocenters. The van der Waals surface area contributed by atoms with E-state index >= 15 is 0 Å². The molecule has 0 aliphatic carbocycles. The third-order valence-corrected chi connectivity index (χ3v) is 4.42. The molecule has 0 aliphatic rings. The Morgan fingerprint density at radius 1 is 1.25 bits per heavy atom. The molecule has 1 amide bonds. The monoisotopic (exact) mass is 454 g/mol. The molecule has 126 valence electrons. The zero-order chi connectivity index (χ0) is 17.7. The van der Waals surface area contributed by atoms with E-state index in [1.54, 1.807) is 12.1 Å². The number of halogens is 2. The lowest BCUT2D eigenvalue weighted by atomic mass is 10.1. The van der Waals surface area contributed by atoms with Gasteiger partial charge < -0.3 is 15.3 Å². The molecule has 2 aromatic carbocycles. The molecule has 24 heavy (non-hydrogen) atoms. The molecule has 0 heterocycles. The lowest BCUT2D eigenvalue weighted by Gasteiger charge is -2.12. The van der Waals surface area contributed by atoms with Crippen LogP contribution in [0.1, 0.15) is 16.7 Å². The fraction of sp³-hybridized carbons (Fsp3) is 0.176. The molecular formula is C17H16Br2N2O3. The summed E-state index contributed by atoms with van der Waals surface area (Å²) in [6.45, 7) is 3.78. The number of nitrogens with zero attached hydrogens (tertiary/aromatic N) is 1. The Morgan fingerprint density at radius 2 is 1.92 bits per heavy atom. The maximum Gasteiger partial charge on any atom is 0.262 e. The van der Waals surface area contributed by atoms with E-state index in [-0.39, 0.29) is 12.5 Å². The highest BCUT2D eigenvalue weighted by atomic mass is 79.9. The van der Waals surface area contributed by atoms with Gasteiger partial charge in [0.05, 0.1) is 15.2 Å². The smallest absolute Gasteiger partial charge is 0.262 e. The van der Waals surface area contributed by atoms with Gasteiger partial charge in [-0.3, -0.25) is 4.79 Å². The van der Waals surface area contributed by atoms with Crippen molar-refractivity contribution in [2.24, 2.45) is 5.16 Å². The van der Waals surface area contributed by atoms with Crippen LogP contribution in [0.15, 0.2) is 44.4 Å². The van der Waals surface area contributed by atoms with Gasteiger partial charge in [0.15, 0.2) is 6.61 Å². The van der Waals surface area contributed by atoms with Gasteiger partial charge in [-0.15, -0.1) is 0 Å². The third kappa shape index (κ3) is 4.82. The van der Waals surface area contributed by atoms with Crippen LogP contribution in [0.4, 0.5) is 5.69 Å². The van der Waals surface area contributed by atoms with E-state index in [1.807, 2.05) is 32.0 Å². The Kier molecular flexibility index (Phi) is 6.39. The van der Waals surface area contributed by atoms with Crippen molar-refractivity contribution in [3.8, 4) is 5.75 Å². The van der Waals surface area contributed by atoms with E-state index in [0.717, 1.165) is 16.8 Å². The van der Waals surface area contributed by atoms with Crippen molar-refractivity contribution in [3.63, 3.8) is 0 Å². The van der Waals surface area contributed by atoms with Crippen LogP contribution in [0.3, 0.4) is 0 Å². The molecule has 0 radical (unpaired) electrons. The summed E-state index contributed by atoms with van der Waals surface area (Å²) in [6, 6.07) is 9.32. The Bertz CT molecular complexity index is 768. The molecular weight excluding hydrogens is 440 g/mol. The summed E-state index contributed by atoms with van der Waals surface area (Å²) >= 11 is 6.75. The van der Waals surface area contributed by atoms with Gasteiger partial charge in [0.2, 0.25) is 0 Å². The molecule has 2 aromatic rings. The molecule has 0 saturated heterocycles. The van der Waals surface area contributed by atoms with E-state index in [9.17, 15) is 4.79 Å². The largest absolute Gasteiger partial charge is 0.481 e. The minimum absolute atomic E-state index is 0.127. The van der Waals surface area contributed by atoms with Crippen LogP contribution >= 0.6 is 31.9 Å². The molecule has 0 aromatic heterocycles. The van der Waals surface area contributed by atoms with Gasteiger partial charge in [-0.1, -0.05) is 17.3 Å².